The molecule has 90 valence electrons. The van der Waals surface area contributed by atoms with Crippen LogP contribution in [-0.2, 0) is 0 Å². The first-order chi connectivity index (χ1) is 8.35. The highest BCUT2D eigenvalue weighted by molar-refractivity contribution is 5.41. The Bertz CT molecular complexity index is 434. The number of benzene rings is 1. The van der Waals surface area contributed by atoms with Gasteiger partial charge in [0.05, 0.1) is 6.61 Å². The molecule has 0 saturated heterocycles. The smallest absolute Gasteiger partial charge is 0.123 e. The third-order valence-corrected chi connectivity index (χ3v) is 3.03. The fourth-order valence-corrected chi connectivity index (χ4v) is 2.12. The Morgan fingerprint density at radius 3 is 2.82 bits per heavy atom. The molecule has 0 amide bonds. The molecule has 0 aliphatic heterocycles. The van der Waals surface area contributed by atoms with E-state index in [1.807, 2.05) is 19.1 Å². The summed E-state index contributed by atoms with van der Waals surface area (Å²) in [5.41, 5.74) is 8.10. The average Bonchev–Trinajstić information content (AvgIpc) is 2.40. The maximum Gasteiger partial charge on any atom is 0.123 e. The van der Waals surface area contributed by atoms with E-state index < -0.39 is 0 Å². The summed E-state index contributed by atoms with van der Waals surface area (Å²) in [7, 11) is 0. The zero-order valence-electron chi connectivity index (χ0n) is 10.2. The normalized spacial score (nSPS) is 18.9. The minimum absolute atomic E-state index is 0.410. The van der Waals surface area contributed by atoms with Crippen LogP contribution in [-0.4, -0.2) is 13.2 Å². The lowest BCUT2D eigenvalue weighted by atomic mass is 9.89. The Hall–Kier alpha value is -1.54. The fraction of sp³-hybridized carbons (Fsp3) is 0.333. The highest BCUT2D eigenvalue weighted by Crippen LogP contribution is 2.32. The molecule has 1 aromatic rings. The van der Waals surface area contributed by atoms with E-state index in [2.05, 4.69) is 30.4 Å². The maximum atomic E-state index is 5.66. The molecule has 1 unspecified atom stereocenters. The minimum Gasteiger partial charge on any atom is -0.494 e. The molecule has 0 aromatic heterocycles. The second-order valence-corrected chi connectivity index (χ2v) is 4.16. The second-order valence-electron chi connectivity index (χ2n) is 4.16. The lowest BCUT2D eigenvalue weighted by Gasteiger charge is -2.19. The molecule has 0 fully saturated rings. The lowest BCUT2D eigenvalue weighted by Crippen LogP contribution is -2.07. The van der Waals surface area contributed by atoms with Crippen molar-refractivity contribution in [1.29, 1.82) is 0 Å². The third kappa shape index (κ3) is 2.77. The van der Waals surface area contributed by atoms with Gasteiger partial charge in [0.1, 0.15) is 5.75 Å². The number of allylic oxidation sites excluding steroid dienone is 2. The van der Waals surface area contributed by atoms with Gasteiger partial charge in [-0.15, -0.1) is 0 Å². The standard InChI is InChI=1S/C15H19NO/c1-2-17-15-6-4-3-5-14(15)13-9-7-12(11-16)8-10-13/h3-9,13H,2,10-11,16H2,1H3. The first-order valence-corrected chi connectivity index (χ1v) is 6.14. The molecular weight excluding hydrogens is 210 g/mol. The molecule has 2 rings (SSSR count). The minimum atomic E-state index is 0.410. The van der Waals surface area contributed by atoms with Crippen LogP contribution >= 0.6 is 0 Å². The van der Waals surface area contributed by atoms with E-state index in [1.54, 1.807) is 0 Å². The van der Waals surface area contributed by atoms with Gasteiger partial charge in [0, 0.05) is 18.0 Å². The van der Waals surface area contributed by atoms with Crippen LogP contribution in [0.25, 0.3) is 0 Å². The van der Waals surface area contributed by atoms with Gasteiger partial charge >= 0.3 is 0 Å². The van der Waals surface area contributed by atoms with Gasteiger partial charge in [-0.1, -0.05) is 36.4 Å². The van der Waals surface area contributed by atoms with Gasteiger partial charge in [-0.3, -0.25) is 0 Å². The van der Waals surface area contributed by atoms with Crippen LogP contribution in [0.2, 0.25) is 0 Å². The van der Waals surface area contributed by atoms with Gasteiger partial charge in [0.25, 0.3) is 0 Å². The Morgan fingerprint density at radius 2 is 2.18 bits per heavy atom. The van der Waals surface area contributed by atoms with Gasteiger partial charge in [0.2, 0.25) is 0 Å². The van der Waals surface area contributed by atoms with Gasteiger partial charge in [-0.25, -0.2) is 0 Å². The largest absolute Gasteiger partial charge is 0.494 e. The summed E-state index contributed by atoms with van der Waals surface area (Å²) in [5.74, 6) is 1.40. The Balaban J connectivity index is 2.19. The van der Waals surface area contributed by atoms with Crippen molar-refractivity contribution in [1.82, 2.24) is 0 Å². The molecule has 0 bridgehead atoms. The van der Waals surface area contributed by atoms with Crippen LogP contribution in [0, 0.1) is 0 Å². The Labute approximate surface area is 103 Å². The summed E-state index contributed by atoms with van der Waals surface area (Å²) in [5, 5.41) is 0. The molecule has 1 aliphatic carbocycles. The van der Waals surface area contributed by atoms with Gasteiger partial charge < -0.3 is 10.5 Å². The van der Waals surface area contributed by atoms with E-state index >= 15 is 0 Å². The average molecular weight is 229 g/mol. The third-order valence-electron chi connectivity index (χ3n) is 3.03. The number of para-hydroxylation sites is 1. The zero-order chi connectivity index (χ0) is 12.1. The molecule has 17 heavy (non-hydrogen) atoms. The van der Waals surface area contributed by atoms with E-state index in [0.717, 1.165) is 12.2 Å². The van der Waals surface area contributed by atoms with Crippen molar-refractivity contribution in [2.75, 3.05) is 13.2 Å². The summed E-state index contributed by atoms with van der Waals surface area (Å²) in [6.07, 6.45) is 7.57. The van der Waals surface area contributed by atoms with Crippen molar-refractivity contribution in [2.24, 2.45) is 5.73 Å². The summed E-state index contributed by atoms with van der Waals surface area (Å²) >= 11 is 0. The van der Waals surface area contributed by atoms with Gasteiger partial charge in [-0.2, -0.15) is 0 Å². The molecule has 2 heteroatoms. The topological polar surface area (TPSA) is 35.2 Å². The number of hydrogen-bond donors (Lipinski definition) is 1. The molecule has 0 saturated carbocycles. The van der Waals surface area contributed by atoms with Crippen LogP contribution in [0.1, 0.15) is 24.8 Å². The monoisotopic (exact) mass is 229 g/mol. The van der Waals surface area contributed by atoms with E-state index in [0.29, 0.717) is 19.1 Å². The summed E-state index contributed by atoms with van der Waals surface area (Å²) in [6.45, 7) is 3.34. The van der Waals surface area contributed by atoms with Crippen molar-refractivity contribution < 1.29 is 4.74 Å². The molecule has 2 nitrogen and oxygen atoms in total. The molecule has 0 spiro atoms. The predicted molar refractivity (Wildman–Crippen MR) is 71.2 cm³/mol. The van der Waals surface area contributed by atoms with Crippen molar-refractivity contribution in [3.8, 4) is 5.75 Å². The molecule has 2 N–H and O–H groups in total. The van der Waals surface area contributed by atoms with E-state index in [4.69, 9.17) is 10.5 Å². The SMILES string of the molecule is CCOc1ccccc1C1C=CC(CN)=CC1. The molecule has 1 aliphatic rings. The molecule has 1 aromatic carbocycles. The summed E-state index contributed by atoms with van der Waals surface area (Å²) < 4.78 is 5.66. The second kappa shape index (κ2) is 5.69. The number of rotatable bonds is 4. The maximum absolute atomic E-state index is 5.66. The highest BCUT2D eigenvalue weighted by atomic mass is 16.5. The van der Waals surface area contributed by atoms with Crippen molar-refractivity contribution >= 4 is 0 Å². The lowest BCUT2D eigenvalue weighted by molar-refractivity contribution is 0.335. The summed E-state index contributed by atoms with van der Waals surface area (Å²) in [4.78, 5) is 0. The molecular formula is C15H19NO. The highest BCUT2D eigenvalue weighted by Gasteiger charge is 2.14. The van der Waals surface area contributed by atoms with E-state index in [-0.39, 0.29) is 0 Å². The molecule has 0 radical (unpaired) electrons. The fourth-order valence-electron chi connectivity index (χ4n) is 2.12. The number of hydrogen-bond acceptors (Lipinski definition) is 2. The zero-order valence-corrected chi connectivity index (χ0v) is 10.2. The van der Waals surface area contributed by atoms with Crippen molar-refractivity contribution in [3.05, 3.63) is 53.6 Å². The Kier molecular flexibility index (Phi) is 3.99. The number of ether oxygens (including phenoxy) is 1. The van der Waals surface area contributed by atoms with E-state index in [9.17, 15) is 0 Å². The van der Waals surface area contributed by atoms with Crippen LogP contribution in [0.5, 0.6) is 5.75 Å². The quantitative estimate of drug-likeness (QED) is 0.861. The van der Waals surface area contributed by atoms with E-state index in [1.165, 1.54) is 11.1 Å². The summed E-state index contributed by atoms with van der Waals surface area (Å²) in [6, 6.07) is 8.26. The van der Waals surface area contributed by atoms with Crippen LogP contribution < -0.4 is 10.5 Å². The number of nitrogens with two attached hydrogens (primary N) is 1. The predicted octanol–water partition coefficient (Wildman–Crippen LogP) is 3.01. The van der Waals surface area contributed by atoms with Crippen molar-refractivity contribution in [3.63, 3.8) is 0 Å². The van der Waals surface area contributed by atoms with Crippen LogP contribution in [0.3, 0.4) is 0 Å². The van der Waals surface area contributed by atoms with Gasteiger partial charge in [0.15, 0.2) is 0 Å². The van der Waals surface area contributed by atoms with Crippen molar-refractivity contribution in [2.45, 2.75) is 19.3 Å². The first-order valence-electron chi connectivity index (χ1n) is 6.14. The Morgan fingerprint density at radius 1 is 1.35 bits per heavy atom. The molecule has 0 heterocycles. The van der Waals surface area contributed by atoms with Gasteiger partial charge in [-0.05, 0) is 25.0 Å². The molecule has 1 atom stereocenters. The first kappa shape index (κ1) is 11.9. The van der Waals surface area contributed by atoms with Crippen LogP contribution in [0.15, 0.2) is 48.1 Å². The van der Waals surface area contributed by atoms with Crippen LogP contribution in [0.4, 0.5) is 0 Å².